The highest BCUT2D eigenvalue weighted by atomic mass is 16.5. The number of ether oxygens (including phenoxy) is 1. The van der Waals surface area contributed by atoms with Crippen LogP contribution in [-0.4, -0.2) is 35.1 Å². The molecule has 1 aliphatic rings. The van der Waals surface area contributed by atoms with Gasteiger partial charge in [0.1, 0.15) is 16.8 Å². The van der Waals surface area contributed by atoms with Crippen molar-refractivity contribution in [2.45, 2.75) is 6.42 Å². The Hall–Kier alpha value is -1.62. The average molecular weight is 218 g/mol. The molecule has 16 heavy (non-hydrogen) atoms. The molecule has 1 aliphatic heterocycles. The maximum atomic E-state index is 5.75. The second kappa shape index (κ2) is 4.09. The third kappa shape index (κ3) is 1.86. The minimum Gasteiger partial charge on any atom is -0.493 e. The van der Waals surface area contributed by atoms with Crippen LogP contribution in [0.3, 0.4) is 0 Å². The smallest absolute Gasteiger partial charge is 0.121 e. The summed E-state index contributed by atoms with van der Waals surface area (Å²) in [6.07, 6.45) is 1.20. The molecule has 0 spiro atoms. The van der Waals surface area contributed by atoms with Gasteiger partial charge in [-0.3, -0.25) is 0 Å². The van der Waals surface area contributed by atoms with E-state index < -0.39 is 0 Å². The first kappa shape index (κ1) is 9.59. The number of nitrogens with zero attached hydrogens (tertiary/aromatic N) is 2. The van der Waals surface area contributed by atoms with Crippen LogP contribution in [-0.2, 0) is 0 Å². The lowest BCUT2D eigenvalue weighted by Crippen LogP contribution is -2.15. The van der Waals surface area contributed by atoms with E-state index >= 15 is 0 Å². The second-order valence-corrected chi connectivity index (χ2v) is 4.14. The molecular weight excluding hydrogens is 204 g/mol. The zero-order valence-corrected chi connectivity index (χ0v) is 8.94. The molecule has 84 valence electrons. The summed E-state index contributed by atoms with van der Waals surface area (Å²) in [5.74, 6) is 1.50. The molecule has 1 saturated heterocycles. The van der Waals surface area contributed by atoms with Gasteiger partial charge in [0.15, 0.2) is 0 Å². The largest absolute Gasteiger partial charge is 0.493 e. The minimum absolute atomic E-state index is 0.632. The summed E-state index contributed by atoms with van der Waals surface area (Å²) in [4.78, 5) is 0. The lowest BCUT2D eigenvalue weighted by molar-refractivity contribution is 0.260. The zero-order valence-electron chi connectivity index (χ0n) is 8.94. The predicted octanol–water partition coefficient (Wildman–Crippen LogP) is 0.946. The Morgan fingerprint density at radius 3 is 3.12 bits per heavy atom. The van der Waals surface area contributed by atoms with Gasteiger partial charge >= 0.3 is 0 Å². The van der Waals surface area contributed by atoms with Gasteiger partial charge in [0.25, 0.3) is 0 Å². The van der Waals surface area contributed by atoms with Crippen LogP contribution >= 0.6 is 0 Å². The fourth-order valence-corrected chi connectivity index (χ4v) is 1.98. The molecule has 1 unspecified atom stereocenters. The van der Waals surface area contributed by atoms with E-state index in [2.05, 4.69) is 20.7 Å². The van der Waals surface area contributed by atoms with E-state index in [0.29, 0.717) is 5.92 Å². The molecular formula is C11H14N4O. The van der Waals surface area contributed by atoms with Crippen molar-refractivity contribution in [2.24, 2.45) is 5.92 Å². The molecule has 0 amide bonds. The summed E-state index contributed by atoms with van der Waals surface area (Å²) in [6, 6.07) is 5.77. The van der Waals surface area contributed by atoms with Crippen molar-refractivity contribution in [1.82, 2.24) is 20.7 Å². The van der Waals surface area contributed by atoms with Gasteiger partial charge in [0.2, 0.25) is 0 Å². The molecule has 5 nitrogen and oxygen atoms in total. The van der Waals surface area contributed by atoms with Crippen LogP contribution < -0.4 is 10.1 Å². The predicted molar refractivity (Wildman–Crippen MR) is 60.4 cm³/mol. The third-order valence-electron chi connectivity index (χ3n) is 2.94. The highest BCUT2D eigenvalue weighted by Crippen LogP contribution is 2.18. The van der Waals surface area contributed by atoms with E-state index in [9.17, 15) is 0 Å². The van der Waals surface area contributed by atoms with Crippen molar-refractivity contribution >= 4 is 11.0 Å². The van der Waals surface area contributed by atoms with Crippen LogP contribution in [0.4, 0.5) is 0 Å². The van der Waals surface area contributed by atoms with Crippen molar-refractivity contribution in [3.63, 3.8) is 0 Å². The number of aromatic amines is 1. The van der Waals surface area contributed by atoms with Crippen molar-refractivity contribution in [3.8, 4) is 5.75 Å². The molecule has 1 aromatic carbocycles. The molecule has 1 fully saturated rings. The van der Waals surface area contributed by atoms with Crippen molar-refractivity contribution < 1.29 is 4.74 Å². The lowest BCUT2D eigenvalue weighted by Gasteiger charge is -2.10. The molecule has 0 bridgehead atoms. The Morgan fingerprint density at radius 1 is 1.31 bits per heavy atom. The molecule has 0 radical (unpaired) electrons. The number of fused-ring (bicyclic) bond motifs is 1. The Morgan fingerprint density at radius 2 is 2.25 bits per heavy atom. The quantitative estimate of drug-likeness (QED) is 0.805. The van der Waals surface area contributed by atoms with Gasteiger partial charge in [-0.25, -0.2) is 0 Å². The van der Waals surface area contributed by atoms with Crippen molar-refractivity contribution in [1.29, 1.82) is 0 Å². The van der Waals surface area contributed by atoms with Gasteiger partial charge in [0, 0.05) is 18.5 Å². The maximum absolute atomic E-state index is 5.75. The van der Waals surface area contributed by atoms with E-state index in [4.69, 9.17) is 4.74 Å². The topological polar surface area (TPSA) is 62.8 Å². The van der Waals surface area contributed by atoms with Crippen LogP contribution in [0.2, 0.25) is 0 Å². The standard InChI is InChI=1S/C11H14N4O/c1-2-10-11(14-15-13-10)5-9(1)16-7-8-3-4-12-6-8/h1-2,5,8,12H,3-4,6-7H2,(H,13,14,15). The fraction of sp³-hybridized carbons (Fsp3) is 0.455. The number of nitrogens with one attached hydrogen (secondary N) is 2. The van der Waals surface area contributed by atoms with Gasteiger partial charge in [-0.15, -0.1) is 0 Å². The number of hydrogen-bond acceptors (Lipinski definition) is 4. The van der Waals surface area contributed by atoms with E-state index in [-0.39, 0.29) is 0 Å². The lowest BCUT2D eigenvalue weighted by atomic mass is 10.1. The van der Waals surface area contributed by atoms with Crippen LogP contribution in [0.1, 0.15) is 6.42 Å². The number of hydrogen-bond donors (Lipinski definition) is 2. The van der Waals surface area contributed by atoms with Crippen molar-refractivity contribution in [2.75, 3.05) is 19.7 Å². The van der Waals surface area contributed by atoms with E-state index in [0.717, 1.165) is 36.5 Å². The SMILES string of the molecule is c1cc2n[nH]nc2cc1OCC1CCNC1. The van der Waals surface area contributed by atoms with Crippen molar-refractivity contribution in [3.05, 3.63) is 18.2 Å². The van der Waals surface area contributed by atoms with E-state index in [1.165, 1.54) is 6.42 Å². The van der Waals surface area contributed by atoms with Crippen LogP contribution in [0.25, 0.3) is 11.0 Å². The molecule has 5 heteroatoms. The summed E-state index contributed by atoms with van der Waals surface area (Å²) < 4.78 is 5.75. The van der Waals surface area contributed by atoms with Gasteiger partial charge < -0.3 is 10.1 Å². The number of H-pyrrole nitrogens is 1. The van der Waals surface area contributed by atoms with Crippen LogP contribution in [0.15, 0.2) is 18.2 Å². The van der Waals surface area contributed by atoms with Gasteiger partial charge in [-0.1, -0.05) is 0 Å². The summed E-state index contributed by atoms with van der Waals surface area (Å²) in [6.45, 7) is 2.94. The zero-order chi connectivity index (χ0) is 10.8. The summed E-state index contributed by atoms with van der Waals surface area (Å²) in [5.41, 5.74) is 1.72. The third-order valence-corrected chi connectivity index (χ3v) is 2.94. The normalized spacial score (nSPS) is 20.4. The summed E-state index contributed by atoms with van der Waals surface area (Å²) in [7, 11) is 0. The monoisotopic (exact) mass is 218 g/mol. The molecule has 3 rings (SSSR count). The maximum Gasteiger partial charge on any atom is 0.121 e. The highest BCUT2D eigenvalue weighted by molar-refractivity contribution is 5.75. The number of benzene rings is 1. The Bertz CT molecular complexity index is 476. The molecule has 0 aliphatic carbocycles. The summed E-state index contributed by atoms with van der Waals surface area (Å²) in [5, 5.41) is 13.9. The van der Waals surface area contributed by atoms with Gasteiger partial charge in [-0.05, 0) is 25.1 Å². The molecule has 1 atom stereocenters. The van der Waals surface area contributed by atoms with Gasteiger partial charge in [-0.2, -0.15) is 15.4 Å². The van der Waals surface area contributed by atoms with Crippen LogP contribution in [0, 0.1) is 5.92 Å². The Kier molecular flexibility index (Phi) is 2.46. The van der Waals surface area contributed by atoms with Gasteiger partial charge in [0.05, 0.1) is 6.61 Å². The molecule has 2 heterocycles. The molecule has 0 saturated carbocycles. The van der Waals surface area contributed by atoms with Crippen LogP contribution in [0.5, 0.6) is 5.75 Å². The van der Waals surface area contributed by atoms with E-state index in [1.54, 1.807) is 0 Å². The number of aromatic nitrogens is 3. The Labute approximate surface area is 93.2 Å². The molecule has 1 aromatic heterocycles. The first-order chi connectivity index (χ1) is 7.92. The second-order valence-electron chi connectivity index (χ2n) is 4.14. The molecule has 2 N–H and O–H groups in total. The first-order valence-electron chi connectivity index (χ1n) is 5.56. The average Bonchev–Trinajstić information content (AvgIpc) is 2.97. The first-order valence-corrected chi connectivity index (χ1v) is 5.56. The minimum atomic E-state index is 0.632. The van der Waals surface area contributed by atoms with E-state index in [1.807, 2.05) is 18.2 Å². The molecule has 2 aromatic rings. The summed E-state index contributed by atoms with van der Waals surface area (Å²) >= 11 is 0. The number of rotatable bonds is 3. The highest BCUT2D eigenvalue weighted by Gasteiger charge is 2.14. The fourth-order valence-electron chi connectivity index (χ4n) is 1.98. The Balaban J connectivity index is 1.68.